The molecule has 1 amide bonds. The van der Waals surface area contributed by atoms with E-state index in [4.69, 9.17) is 23.2 Å². The summed E-state index contributed by atoms with van der Waals surface area (Å²) in [5.74, 6) is -0.259. The van der Waals surface area contributed by atoms with Crippen LogP contribution in [0.1, 0.15) is 12.5 Å². The van der Waals surface area contributed by atoms with Crippen LogP contribution in [0.4, 0.5) is 5.69 Å². The molecule has 0 aliphatic carbocycles. The second-order valence-corrected chi connectivity index (χ2v) is 9.59. The minimum atomic E-state index is -3.78. The first kappa shape index (κ1) is 22.5. The SMILES string of the molecule is C[C@H](C(=O)Nc1cc(Cl)ccc1Cl)N1CCN(S(=O)(=O)c2ccccc2C#N)CC1. The van der Waals surface area contributed by atoms with Crippen molar-refractivity contribution in [2.45, 2.75) is 17.9 Å². The van der Waals surface area contributed by atoms with Crippen molar-refractivity contribution in [1.82, 2.24) is 9.21 Å². The molecule has 0 unspecified atom stereocenters. The van der Waals surface area contributed by atoms with Crippen molar-refractivity contribution >= 4 is 44.8 Å². The van der Waals surface area contributed by atoms with Crippen LogP contribution < -0.4 is 5.32 Å². The third kappa shape index (κ3) is 4.77. The average Bonchev–Trinajstić information content (AvgIpc) is 2.75. The highest BCUT2D eigenvalue weighted by atomic mass is 35.5. The first-order valence-corrected chi connectivity index (χ1v) is 11.4. The Balaban J connectivity index is 1.65. The Labute approximate surface area is 185 Å². The van der Waals surface area contributed by atoms with Crippen LogP contribution in [0.25, 0.3) is 0 Å². The van der Waals surface area contributed by atoms with E-state index in [1.807, 2.05) is 11.0 Å². The molecule has 0 saturated carbocycles. The maximum Gasteiger partial charge on any atom is 0.244 e. The molecular formula is C20H20Cl2N4O3S. The lowest BCUT2D eigenvalue weighted by atomic mass is 10.2. The van der Waals surface area contributed by atoms with E-state index in [2.05, 4.69) is 5.32 Å². The smallest absolute Gasteiger partial charge is 0.244 e. The number of carbonyl (C=O) groups is 1. The minimum Gasteiger partial charge on any atom is -0.323 e. The standard InChI is InChI=1S/C20H20Cl2N4O3S/c1-14(20(27)24-18-12-16(21)6-7-17(18)22)25-8-10-26(11-9-25)30(28,29)19-5-3-2-4-15(19)13-23/h2-7,12,14H,8-11H2,1H3,(H,24,27)/t14-/m1/s1. The zero-order valence-corrected chi connectivity index (χ0v) is 18.5. The summed E-state index contributed by atoms with van der Waals surface area (Å²) in [6, 6.07) is 12.4. The van der Waals surface area contributed by atoms with E-state index in [-0.39, 0.29) is 29.5 Å². The quantitative estimate of drug-likeness (QED) is 0.729. The Bertz CT molecular complexity index is 1090. The molecule has 1 fully saturated rings. The summed E-state index contributed by atoms with van der Waals surface area (Å²) in [6.07, 6.45) is 0. The monoisotopic (exact) mass is 466 g/mol. The van der Waals surface area contributed by atoms with Gasteiger partial charge in [-0.1, -0.05) is 35.3 Å². The predicted molar refractivity (Wildman–Crippen MR) is 116 cm³/mol. The first-order valence-electron chi connectivity index (χ1n) is 9.23. The molecule has 1 aliphatic heterocycles. The zero-order chi connectivity index (χ0) is 21.9. The molecule has 1 N–H and O–H groups in total. The van der Waals surface area contributed by atoms with E-state index in [0.717, 1.165) is 0 Å². The zero-order valence-electron chi connectivity index (χ0n) is 16.2. The maximum absolute atomic E-state index is 12.9. The summed E-state index contributed by atoms with van der Waals surface area (Å²) in [6.45, 7) is 2.95. The number of carbonyl (C=O) groups excluding carboxylic acids is 1. The van der Waals surface area contributed by atoms with Gasteiger partial charge in [0, 0.05) is 31.2 Å². The molecule has 1 atom stereocenters. The summed E-state index contributed by atoms with van der Waals surface area (Å²) in [4.78, 5) is 14.5. The molecule has 1 aliphatic rings. The molecule has 1 heterocycles. The van der Waals surface area contributed by atoms with Crippen molar-refractivity contribution in [2.24, 2.45) is 0 Å². The van der Waals surface area contributed by atoms with Crippen molar-refractivity contribution in [3.8, 4) is 6.07 Å². The molecule has 7 nitrogen and oxygen atoms in total. The number of nitriles is 1. The number of sulfonamides is 1. The molecule has 0 aromatic heterocycles. The van der Waals surface area contributed by atoms with Crippen LogP contribution in [-0.2, 0) is 14.8 Å². The molecule has 0 spiro atoms. The Hall–Kier alpha value is -2.15. The Morgan fingerprint density at radius 2 is 1.80 bits per heavy atom. The van der Waals surface area contributed by atoms with E-state index in [1.54, 1.807) is 37.3 Å². The van der Waals surface area contributed by atoms with Gasteiger partial charge in [0.2, 0.25) is 15.9 Å². The molecule has 1 saturated heterocycles. The van der Waals surface area contributed by atoms with Crippen molar-refractivity contribution < 1.29 is 13.2 Å². The lowest BCUT2D eigenvalue weighted by Crippen LogP contribution is -2.54. The van der Waals surface area contributed by atoms with E-state index < -0.39 is 16.1 Å². The highest BCUT2D eigenvalue weighted by Crippen LogP contribution is 2.26. The van der Waals surface area contributed by atoms with Gasteiger partial charge in [0.1, 0.15) is 6.07 Å². The van der Waals surface area contributed by atoms with Crippen molar-refractivity contribution in [3.05, 3.63) is 58.1 Å². The van der Waals surface area contributed by atoms with Gasteiger partial charge >= 0.3 is 0 Å². The molecular weight excluding hydrogens is 447 g/mol. The number of rotatable bonds is 5. The molecule has 30 heavy (non-hydrogen) atoms. The van der Waals surface area contributed by atoms with Gasteiger partial charge < -0.3 is 5.32 Å². The van der Waals surface area contributed by atoms with Gasteiger partial charge in [-0.15, -0.1) is 0 Å². The Morgan fingerprint density at radius 3 is 2.47 bits per heavy atom. The van der Waals surface area contributed by atoms with Crippen LogP contribution in [0.2, 0.25) is 10.0 Å². The molecule has 0 bridgehead atoms. The Kier molecular flexibility index (Phi) is 7.01. The fourth-order valence-corrected chi connectivity index (χ4v) is 5.15. The third-order valence-corrected chi connectivity index (χ3v) is 7.53. The van der Waals surface area contributed by atoms with Gasteiger partial charge in [-0.25, -0.2) is 8.42 Å². The number of nitrogens with zero attached hydrogens (tertiary/aromatic N) is 3. The molecule has 2 aromatic rings. The third-order valence-electron chi connectivity index (χ3n) is 5.01. The number of piperazine rings is 1. The van der Waals surface area contributed by atoms with Gasteiger partial charge in [-0.2, -0.15) is 9.57 Å². The van der Waals surface area contributed by atoms with E-state index >= 15 is 0 Å². The van der Waals surface area contributed by atoms with Gasteiger partial charge in [0.15, 0.2) is 0 Å². The summed E-state index contributed by atoms with van der Waals surface area (Å²) >= 11 is 12.1. The summed E-state index contributed by atoms with van der Waals surface area (Å²) in [5.41, 5.74) is 0.543. The largest absolute Gasteiger partial charge is 0.323 e. The van der Waals surface area contributed by atoms with Crippen molar-refractivity contribution in [2.75, 3.05) is 31.5 Å². The van der Waals surface area contributed by atoms with Crippen LogP contribution >= 0.6 is 23.2 Å². The highest BCUT2D eigenvalue weighted by molar-refractivity contribution is 7.89. The normalized spacial score (nSPS) is 16.6. The van der Waals surface area contributed by atoms with Gasteiger partial charge in [0.25, 0.3) is 0 Å². The van der Waals surface area contributed by atoms with E-state index in [0.29, 0.717) is 28.8 Å². The molecule has 3 rings (SSSR count). The number of benzene rings is 2. The van der Waals surface area contributed by atoms with Gasteiger partial charge in [-0.3, -0.25) is 9.69 Å². The number of amides is 1. The van der Waals surface area contributed by atoms with Crippen molar-refractivity contribution in [3.63, 3.8) is 0 Å². The van der Waals surface area contributed by atoms with Crippen LogP contribution in [0, 0.1) is 11.3 Å². The topological polar surface area (TPSA) is 93.5 Å². The second-order valence-electron chi connectivity index (χ2n) is 6.84. The van der Waals surface area contributed by atoms with Crippen LogP contribution in [-0.4, -0.2) is 55.8 Å². The minimum absolute atomic E-state index is 0.00217. The van der Waals surface area contributed by atoms with Crippen LogP contribution in [0.3, 0.4) is 0 Å². The van der Waals surface area contributed by atoms with E-state index in [1.165, 1.54) is 16.4 Å². The van der Waals surface area contributed by atoms with E-state index in [9.17, 15) is 18.5 Å². The summed E-state index contributed by atoms with van der Waals surface area (Å²) < 4.78 is 27.2. The number of hydrogen-bond donors (Lipinski definition) is 1. The maximum atomic E-state index is 12.9. The van der Waals surface area contributed by atoms with Crippen molar-refractivity contribution in [1.29, 1.82) is 5.26 Å². The predicted octanol–water partition coefficient (Wildman–Crippen LogP) is 3.20. The highest BCUT2D eigenvalue weighted by Gasteiger charge is 2.33. The lowest BCUT2D eigenvalue weighted by molar-refractivity contribution is -0.121. The molecule has 0 radical (unpaired) electrons. The summed E-state index contributed by atoms with van der Waals surface area (Å²) in [5, 5.41) is 12.8. The molecule has 158 valence electrons. The number of anilines is 1. The Morgan fingerprint density at radius 1 is 1.13 bits per heavy atom. The number of halogens is 2. The molecule has 2 aromatic carbocycles. The number of hydrogen-bond acceptors (Lipinski definition) is 5. The van der Waals surface area contributed by atoms with Crippen LogP contribution in [0.15, 0.2) is 47.4 Å². The van der Waals surface area contributed by atoms with Crippen LogP contribution in [0.5, 0.6) is 0 Å². The molecule has 10 heteroatoms. The first-order chi connectivity index (χ1) is 14.2. The number of nitrogens with one attached hydrogen (secondary N) is 1. The van der Waals surface area contributed by atoms with Gasteiger partial charge in [-0.05, 0) is 37.3 Å². The van der Waals surface area contributed by atoms with Gasteiger partial charge in [0.05, 0.1) is 27.2 Å². The fraction of sp³-hybridized carbons (Fsp3) is 0.300. The average molecular weight is 467 g/mol. The lowest BCUT2D eigenvalue weighted by Gasteiger charge is -2.36. The second kappa shape index (κ2) is 9.33. The fourth-order valence-electron chi connectivity index (χ4n) is 3.25. The summed E-state index contributed by atoms with van der Waals surface area (Å²) in [7, 11) is -3.78.